The highest BCUT2D eigenvalue weighted by molar-refractivity contribution is 5.93. The molecule has 1 heterocycles. The molecule has 2 amide bonds. The van der Waals surface area contributed by atoms with Crippen molar-refractivity contribution in [1.29, 1.82) is 0 Å². The molecule has 1 aliphatic rings. The number of aryl methyl sites for hydroxylation is 3. The van der Waals surface area contributed by atoms with Gasteiger partial charge in [0.05, 0.1) is 0 Å². The molecule has 0 spiro atoms. The highest BCUT2D eigenvalue weighted by Crippen LogP contribution is 2.22. The molecular formula is C24H31N3O2. The van der Waals surface area contributed by atoms with E-state index < -0.39 is 0 Å². The normalized spacial score (nSPS) is 14.1. The number of benzene rings is 2. The summed E-state index contributed by atoms with van der Waals surface area (Å²) in [5.74, 6) is 0.0823. The molecular weight excluding hydrogens is 362 g/mol. The largest absolute Gasteiger partial charge is 0.368 e. The summed E-state index contributed by atoms with van der Waals surface area (Å²) in [6.07, 6.45) is 0.345. The van der Waals surface area contributed by atoms with E-state index in [0.29, 0.717) is 13.0 Å². The molecule has 154 valence electrons. The van der Waals surface area contributed by atoms with E-state index in [4.69, 9.17) is 0 Å². The van der Waals surface area contributed by atoms with Crippen molar-refractivity contribution in [3.8, 4) is 0 Å². The molecule has 1 aliphatic heterocycles. The Morgan fingerprint density at radius 1 is 0.931 bits per heavy atom. The highest BCUT2D eigenvalue weighted by Gasteiger charge is 2.23. The van der Waals surface area contributed by atoms with Gasteiger partial charge in [-0.3, -0.25) is 9.59 Å². The number of amides is 2. The first-order chi connectivity index (χ1) is 13.8. The van der Waals surface area contributed by atoms with Gasteiger partial charge in [0.2, 0.25) is 11.8 Å². The van der Waals surface area contributed by atoms with Crippen LogP contribution >= 0.6 is 0 Å². The SMILES string of the molecule is CC(=O)N(CCC(=O)N1CCN(c2cccc(C)c2)CC1)c1ccc(C)cc1C. The molecule has 0 N–H and O–H groups in total. The first-order valence-electron chi connectivity index (χ1n) is 10.3. The molecule has 0 radical (unpaired) electrons. The molecule has 5 nitrogen and oxygen atoms in total. The van der Waals surface area contributed by atoms with Gasteiger partial charge in [-0.2, -0.15) is 0 Å². The van der Waals surface area contributed by atoms with E-state index in [1.54, 1.807) is 11.8 Å². The van der Waals surface area contributed by atoms with Crippen molar-refractivity contribution < 1.29 is 9.59 Å². The topological polar surface area (TPSA) is 43.9 Å². The van der Waals surface area contributed by atoms with Crippen LogP contribution in [0.2, 0.25) is 0 Å². The van der Waals surface area contributed by atoms with Gasteiger partial charge in [-0.15, -0.1) is 0 Å². The maximum atomic E-state index is 12.8. The van der Waals surface area contributed by atoms with Crippen molar-refractivity contribution in [2.75, 3.05) is 42.5 Å². The van der Waals surface area contributed by atoms with Gasteiger partial charge in [0, 0.05) is 57.4 Å². The van der Waals surface area contributed by atoms with Crippen LogP contribution in [0.3, 0.4) is 0 Å². The maximum absolute atomic E-state index is 12.8. The number of hydrogen-bond acceptors (Lipinski definition) is 3. The number of piperazine rings is 1. The van der Waals surface area contributed by atoms with Gasteiger partial charge in [0.15, 0.2) is 0 Å². The summed E-state index contributed by atoms with van der Waals surface area (Å²) in [7, 11) is 0. The molecule has 29 heavy (non-hydrogen) atoms. The van der Waals surface area contributed by atoms with E-state index in [9.17, 15) is 9.59 Å². The van der Waals surface area contributed by atoms with E-state index in [0.717, 1.165) is 43.0 Å². The van der Waals surface area contributed by atoms with Crippen molar-refractivity contribution >= 4 is 23.2 Å². The molecule has 1 saturated heterocycles. The average Bonchev–Trinajstić information content (AvgIpc) is 2.69. The molecule has 0 bridgehead atoms. The Hall–Kier alpha value is -2.82. The zero-order valence-electron chi connectivity index (χ0n) is 17.9. The van der Waals surface area contributed by atoms with Crippen molar-refractivity contribution in [3.05, 3.63) is 59.2 Å². The van der Waals surface area contributed by atoms with Crippen LogP contribution in [-0.2, 0) is 9.59 Å². The van der Waals surface area contributed by atoms with E-state index >= 15 is 0 Å². The minimum Gasteiger partial charge on any atom is -0.368 e. The predicted octanol–water partition coefficient (Wildman–Crippen LogP) is 3.70. The van der Waals surface area contributed by atoms with Gasteiger partial charge in [-0.05, 0) is 50.1 Å². The third-order valence-corrected chi connectivity index (χ3v) is 5.57. The molecule has 0 saturated carbocycles. The Balaban J connectivity index is 1.56. The monoisotopic (exact) mass is 393 g/mol. The summed E-state index contributed by atoms with van der Waals surface area (Å²) in [4.78, 5) is 30.9. The second kappa shape index (κ2) is 9.12. The number of carbonyl (C=O) groups excluding carboxylic acids is 2. The van der Waals surface area contributed by atoms with Gasteiger partial charge in [-0.1, -0.05) is 29.8 Å². The van der Waals surface area contributed by atoms with Crippen LogP contribution in [0.15, 0.2) is 42.5 Å². The molecule has 3 rings (SSSR count). The lowest BCUT2D eigenvalue weighted by Crippen LogP contribution is -2.49. The summed E-state index contributed by atoms with van der Waals surface area (Å²) in [6.45, 7) is 11.2. The number of hydrogen-bond donors (Lipinski definition) is 0. The fourth-order valence-corrected chi connectivity index (χ4v) is 3.96. The predicted molar refractivity (Wildman–Crippen MR) is 119 cm³/mol. The maximum Gasteiger partial charge on any atom is 0.224 e. The van der Waals surface area contributed by atoms with E-state index in [1.165, 1.54) is 11.3 Å². The molecule has 2 aromatic carbocycles. The molecule has 0 atom stereocenters. The summed E-state index contributed by atoms with van der Waals surface area (Å²) in [6, 6.07) is 14.5. The summed E-state index contributed by atoms with van der Waals surface area (Å²) >= 11 is 0. The van der Waals surface area contributed by atoms with Crippen molar-refractivity contribution in [2.24, 2.45) is 0 Å². The Morgan fingerprint density at radius 3 is 2.24 bits per heavy atom. The number of anilines is 2. The first-order valence-corrected chi connectivity index (χ1v) is 10.3. The second-order valence-electron chi connectivity index (χ2n) is 7.92. The Kier molecular flexibility index (Phi) is 6.57. The van der Waals surface area contributed by atoms with Gasteiger partial charge in [-0.25, -0.2) is 0 Å². The highest BCUT2D eigenvalue weighted by atomic mass is 16.2. The fraction of sp³-hybridized carbons (Fsp3) is 0.417. The smallest absolute Gasteiger partial charge is 0.224 e. The third-order valence-electron chi connectivity index (χ3n) is 5.57. The lowest BCUT2D eigenvalue weighted by Gasteiger charge is -2.36. The lowest BCUT2D eigenvalue weighted by atomic mass is 10.1. The molecule has 0 aromatic heterocycles. The van der Waals surface area contributed by atoms with Crippen LogP contribution in [0.5, 0.6) is 0 Å². The summed E-state index contributed by atoms with van der Waals surface area (Å²) < 4.78 is 0. The quantitative estimate of drug-likeness (QED) is 0.778. The third kappa shape index (κ3) is 5.17. The van der Waals surface area contributed by atoms with Crippen LogP contribution in [0.4, 0.5) is 11.4 Å². The second-order valence-corrected chi connectivity index (χ2v) is 7.92. The summed E-state index contributed by atoms with van der Waals surface area (Å²) in [5, 5.41) is 0. The van der Waals surface area contributed by atoms with Crippen LogP contribution in [0.25, 0.3) is 0 Å². The zero-order chi connectivity index (χ0) is 21.0. The molecule has 0 unspecified atom stereocenters. The fourth-order valence-electron chi connectivity index (χ4n) is 3.96. The van der Waals surface area contributed by atoms with Gasteiger partial charge >= 0.3 is 0 Å². The van der Waals surface area contributed by atoms with Crippen molar-refractivity contribution in [2.45, 2.75) is 34.1 Å². The van der Waals surface area contributed by atoms with Crippen LogP contribution in [-0.4, -0.2) is 49.4 Å². The first kappa shape index (κ1) is 20.9. The Morgan fingerprint density at radius 2 is 1.62 bits per heavy atom. The number of nitrogens with zero attached hydrogens (tertiary/aromatic N) is 3. The Labute approximate surface area is 173 Å². The lowest BCUT2D eigenvalue weighted by molar-refractivity contribution is -0.131. The van der Waals surface area contributed by atoms with E-state index in [2.05, 4.69) is 42.2 Å². The molecule has 0 aliphatic carbocycles. The molecule has 1 fully saturated rings. The van der Waals surface area contributed by atoms with Crippen molar-refractivity contribution in [3.63, 3.8) is 0 Å². The van der Waals surface area contributed by atoms with Crippen LogP contribution < -0.4 is 9.80 Å². The zero-order valence-corrected chi connectivity index (χ0v) is 17.9. The van der Waals surface area contributed by atoms with Gasteiger partial charge in [0.1, 0.15) is 0 Å². The number of rotatable bonds is 5. The minimum absolute atomic E-state index is 0.0333. The minimum atomic E-state index is -0.0333. The van der Waals surface area contributed by atoms with E-state index in [1.807, 2.05) is 30.9 Å². The molecule has 5 heteroatoms. The van der Waals surface area contributed by atoms with E-state index in [-0.39, 0.29) is 11.8 Å². The number of carbonyl (C=O) groups is 2. The average molecular weight is 394 g/mol. The van der Waals surface area contributed by atoms with Gasteiger partial charge < -0.3 is 14.7 Å². The molecule has 2 aromatic rings. The summed E-state index contributed by atoms with van der Waals surface area (Å²) in [5.41, 5.74) is 5.57. The van der Waals surface area contributed by atoms with Gasteiger partial charge in [0.25, 0.3) is 0 Å². The Bertz CT molecular complexity index is 885. The van der Waals surface area contributed by atoms with Crippen LogP contribution in [0.1, 0.15) is 30.0 Å². The van der Waals surface area contributed by atoms with Crippen molar-refractivity contribution in [1.82, 2.24) is 4.90 Å². The standard InChI is InChI=1S/C24H31N3O2/c1-18-6-5-7-22(17-18)25-12-14-26(15-13-25)24(29)10-11-27(21(4)28)23-9-8-19(2)16-20(23)3/h5-9,16-17H,10-15H2,1-4H3. The van der Waals surface area contributed by atoms with Crippen LogP contribution in [0, 0.1) is 20.8 Å².